The summed E-state index contributed by atoms with van der Waals surface area (Å²) in [5, 5.41) is 2.93. The van der Waals surface area contributed by atoms with Crippen LogP contribution < -0.4 is 14.8 Å². The van der Waals surface area contributed by atoms with Gasteiger partial charge in [-0.1, -0.05) is 42.5 Å². The number of benzene rings is 2. The lowest BCUT2D eigenvalue weighted by atomic mass is 10.1. The molecule has 0 saturated carbocycles. The summed E-state index contributed by atoms with van der Waals surface area (Å²) in [6.45, 7) is 3.30. The number of ether oxygens (including phenoxy) is 2. The highest BCUT2D eigenvalue weighted by molar-refractivity contribution is 5.78. The molecule has 132 valence electrons. The molecule has 5 heteroatoms. The predicted octanol–water partition coefficient (Wildman–Crippen LogP) is 2.64. The summed E-state index contributed by atoms with van der Waals surface area (Å²) in [7, 11) is 1.95. The molecule has 1 aliphatic heterocycles. The Kier molecular flexibility index (Phi) is 5.56. The molecule has 2 aromatic carbocycles. The van der Waals surface area contributed by atoms with Crippen LogP contribution in [0.2, 0.25) is 0 Å². The van der Waals surface area contributed by atoms with E-state index in [2.05, 4.69) is 24.4 Å². The Hall–Kier alpha value is -2.53. The summed E-state index contributed by atoms with van der Waals surface area (Å²) in [5.74, 6) is 1.46. The second kappa shape index (κ2) is 8.03. The minimum absolute atomic E-state index is 0.0206. The SMILES string of the molecule is C[C@@H](c1ccccc1)N(C)CC(=O)NC[C@@H]1COc2ccccc2O1. The van der Waals surface area contributed by atoms with E-state index < -0.39 is 0 Å². The van der Waals surface area contributed by atoms with Gasteiger partial charge in [-0.15, -0.1) is 0 Å². The second-order valence-corrected chi connectivity index (χ2v) is 6.30. The third kappa shape index (κ3) is 4.51. The minimum Gasteiger partial charge on any atom is -0.486 e. The molecule has 2 aromatic rings. The lowest BCUT2D eigenvalue weighted by molar-refractivity contribution is -0.122. The lowest BCUT2D eigenvalue weighted by Crippen LogP contribution is -2.44. The average Bonchev–Trinajstić information content (AvgIpc) is 2.66. The van der Waals surface area contributed by atoms with Gasteiger partial charge in [0.15, 0.2) is 11.5 Å². The van der Waals surface area contributed by atoms with Gasteiger partial charge in [-0.05, 0) is 31.7 Å². The molecule has 1 N–H and O–H groups in total. The Morgan fingerprint density at radius 1 is 1.16 bits per heavy atom. The first-order valence-corrected chi connectivity index (χ1v) is 8.54. The zero-order valence-electron chi connectivity index (χ0n) is 14.6. The van der Waals surface area contributed by atoms with Crippen molar-refractivity contribution in [1.29, 1.82) is 0 Å². The van der Waals surface area contributed by atoms with Crippen molar-refractivity contribution in [3.05, 3.63) is 60.2 Å². The number of hydrogen-bond acceptors (Lipinski definition) is 4. The molecule has 3 rings (SSSR count). The molecule has 25 heavy (non-hydrogen) atoms. The lowest BCUT2D eigenvalue weighted by Gasteiger charge is -2.27. The Labute approximate surface area is 148 Å². The Bertz CT molecular complexity index is 705. The van der Waals surface area contributed by atoms with Crippen LogP contribution in [0, 0.1) is 0 Å². The predicted molar refractivity (Wildman–Crippen MR) is 96.8 cm³/mol. The second-order valence-electron chi connectivity index (χ2n) is 6.30. The fourth-order valence-corrected chi connectivity index (χ4v) is 2.80. The van der Waals surface area contributed by atoms with E-state index in [0.29, 0.717) is 19.7 Å². The third-order valence-corrected chi connectivity index (χ3v) is 4.43. The third-order valence-electron chi connectivity index (χ3n) is 4.43. The average molecular weight is 340 g/mol. The van der Waals surface area contributed by atoms with Crippen molar-refractivity contribution < 1.29 is 14.3 Å². The molecular formula is C20H24N2O3. The van der Waals surface area contributed by atoms with Crippen LogP contribution in [0.4, 0.5) is 0 Å². The monoisotopic (exact) mass is 340 g/mol. The van der Waals surface area contributed by atoms with Gasteiger partial charge in [0.1, 0.15) is 12.7 Å². The van der Waals surface area contributed by atoms with Gasteiger partial charge in [-0.3, -0.25) is 9.69 Å². The molecule has 5 nitrogen and oxygen atoms in total. The van der Waals surface area contributed by atoms with E-state index >= 15 is 0 Å². The first kappa shape index (κ1) is 17.3. The van der Waals surface area contributed by atoms with E-state index in [1.54, 1.807) is 0 Å². The molecule has 0 saturated heterocycles. The van der Waals surface area contributed by atoms with E-state index in [1.807, 2.05) is 54.4 Å². The standard InChI is InChI=1S/C20H24N2O3/c1-15(16-8-4-3-5-9-16)22(2)13-20(23)21-12-17-14-24-18-10-6-7-11-19(18)25-17/h3-11,15,17H,12-14H2,1-2H3,(H,21,23)/t15-,17+/m0/s1. The molecule has 0 unspecified atom stereocenters. The van der Waals surface area contributed by atoms with E-state index in [4.69, 9.17) is 9.47 Å². The highest BCUT2D eigenvalue weighted by Crippen LogP contribution is 2.30. The van der Waals surface area contributed by atoms with Crippen LogP contribution in [-0.4, -0.2) is 43.7 Å². The number of hydrogen-bond donors (Lipinski definition) is 1. The van der Waals surface area contributed by atoms with Gasteiger partial charge < -0.3 is 14.8 Å². The maximum absolute atomic E-state index is 12.2. The Morgan fingerprint density at radius 2 is 1.84 bits per heavy atom. The summed E-state index contributed by atoms with van der Waals surface area (Å²) < 4.78 is 11.5. The van der Waals surface area contributed by atoms with E-state index in [9.17, 15) is 4.79 Å². The van der Waals surface area contributed by atoms with Gasteiger partial charge in [0.05, 0.1) is 13.1 Å². The van der Waals surface area contributed by atoms with Gasteiger partial charge in [-0.2, -0.15) is 0 Å². The van der Waals surface area contributed by atoms with Crippen LogP contribution in [0.5, 0.6) is 11.5 Å². The Balaban J connectivity index is 1.45. The van der Waals surface area contributed by atoms with E-state index in [-0.39, 0.29) is 18.1 Å². The minimum atomic E-state index is -0.171. The number of fused-ring (bicyclic) bond motifs is 1. The van der Waals surface area contributed by atoms with E-state index in [0.717, 1.165) is 11.5 Å². The number of rotatable bonds is 6. The van der Waals surface area contributed by atoms with E-state index in [1.165, 1.54) is 5.56 Å². The molecule has 0 radical (unpaired) electrons. The van der Waals surface area contributed by atoms with Crippen LogP contribution in [-0.2, 0) is 4.79 Å². The fraction of sp³-hybridized carbons (Fsp3) is 0.350. The topological polar surface area (TPSA) is 50.8 Å². The first-order valence-electron chi connectivity index (χ1n) is 8.54. The van der Waals surface area contributed by atoms with Crippen molar-refractivity contribution in [2.24, 2.45) is 0 Å². The summed E-state index contributed by atoms with van der Waals surface area (Å²) in [6.07, 6.45) is -0.171. The number of carbonyl (C=O) groups is 1. The zero-order valence-corrected chi connectivity index (χ0v) is 14.6. The van der Waals surface area contributed by atoms with Crippen LogP contribution >= 0.6 is 0 Å². The fourth-order valence-electron chi connectivity index (χ4n) is 2.80. The molecular weight excluding hydrogens is 316 g/mol. The van der Waals surface area contributed by atoms with Crippen LogP contribution in [0.25, 0.3) is 0 Å². The van der Waals surface area contributed by atoms with Crippen LogP contribution in [0.15, 0.2) is 54.6 Å². The van der Waals surface area contributed by atoms with Gasteiger partial charge in [0.2, 0.25) is 5.91 Å². The van der Waals surface area contributed by atoms with Gasteiger partial charge in [-0.25, -0.2) is 0 Å². The molecule has 0 spiro atoms. The van der Waals surface area contributed by atoms with Crippen LogP contribution in [0.3, 0.4) is 0 Å². The number of para-hydroxylation sites is 2. The largest absolute Gasteiger partial charge is 0.486 e. The molecule has 1 aliphatic rings. The van der Waals surface area contributed by atoms with Crippen molar-refractivity contribution in [3.8, 4) is 11.5 Å². The zero-order chi connectivity index (χ0) is 17.6. The number of nitrogens with zero attached hydrogens (tertiary/aromatic N) is 1. The maximum atomic E-state index is 12.2. The van der Waals surface area contributed by atoms with Gasteiger partial charge in [0.25, 0.3) is 0 Å². The van der Waals surface area contributed by atoms with Gasteiger partial charge in [0, 0.05) is 6.04 Å². The molecule has 2 atom stereocenters. The molecule has 0 fully saturated rings. The highest BCUT2D eigenvalue weighted by atomic mass is 16.6. The van der Waals surface area contributed by atoms with Crippen molar-refractivity contribution >= 4 is 5.91 Å². The number of amides is 1. The number of nitrogens with one attached hydrogen (secondary N) is 1. The number of carbonyl (C=O) groups excluding carboxylic acids is 1. The quantitative estimate of drug-likeness (QED) is 0.878. The smallest absolute Gasteiger partial charge is 0.234 e. The summed E-state index contributed by atoms with van der Waals surface area (Å²) in [5.41, 5.74) is 1.19. The van der Waals surface area contributed by atoms with Crippen molar-refractivity contribution in [2.75, 3.05) is 26.7 Å². The molecule has 0 aromatic heterocycles. The molecule has 0 bridgehead atoms. The molecule has 0 aliphatic carbocycles. The highest BCUT2D eigenvalue weighted by Gasteiger charge is 2.21. The maximum Gasteiger partial charge on any atom is 0.234 e. The first-order chi connectivity index (χ1) is 12.1. The van der Waals surface area contributed by atoms with Crippen LogP contribution in [0.1, 0.15) is 18.5 Å². The summed E-state index contributed by atoms with van der Waals surface area (Å²) in [6, 6.07) is 17.9. The van der Waals surface area contributed by atoms with Gasteiger partial charge >= 0.3 is 0 Å². The molecule has 1 amide bonds. The van der Waals surface area contributed by atoms with Crippen molar-refractivity contribution in [3.63, 3.8) is 0 Å². The van der Waals surface area contributed by atoms with Crippen molar-refractivity contribution in [2.45, 2.75) is 19.1 Å². The normalized spacial score (nSPS) is 17.2. The summed E-state index contributed by atoms with van der Waals surface area (Å²) >= 11 is 0. The number of likely N-dealkylation sites (N-methyl/N-ethyl adjacent to an activating group) is 1. The summed E-state index contributed by atoms with van der Waals surface area (Å²) in [4.78, 5) is 14.3. The van der Waals surface area contributed by atoms with Crippen molar-refractivity contribution in [1.82, 2.24) is 10.2 Å². The Morgan fingerprint density at radius 3 is 2.60 bits per heavy atom. The molecule has 1 heterocycles.